The van der Waals surface area contributed by atoms with Crippen LogP contribution in [0.4, 0.5) is 5.13 Å². The number of imide groups is 1. The summed E-state index contributed by atoms with van der Waals surface area (Å²) in [6.07, 6.45) is 4.68. The standard InChI is InChI=1S/C35H44N6O7S2/c1-7-21-17-35(21,32(44)40-50(45,46)25-10-11-25)41-18-24(48-31-26-12-9-23(47-6)15-20(26)13-14-36-31)16-27(41)29(42)39-30(43)28(34(3,4)5)38-33-37-22(8-2)19-49-33/h7,9,12-15,19,21,24-25,27-28H,1,8,10-11,16-18H2,2-6H3,(H,37,38)(H,40,44)(H,39,42,43)/t21-,24-,27+,28-,35-/m1/s1. The summed E-state index contributed by atoms with van der Waals surface area (Å²) in [5.41, 5.74) is -1.08. The molecule has 3 aliphatic rings. The first kappa shape index (κ1) is 35.7. The van der Waals surface area contributed by atoms with Crippen LogP contribution >= 0.6 is 11.3 Å². The van der Waals surface area contributed by atoms with E-state index in [4.69, 9.17) is 9.47 Å². The molecule has 1 aromatic carbocycles. The van der Waals surface area contributed by atoms with Gasteiger partial charge in [0.05, 0.1) is 24.1 Å². The fourth-order valence-electron chi connectivity index (χ4n) is 6.65. The highest BCUT2D eigenvalue weighted by molar-refractivity contribution is 7.91. The number of carbonyl (C=O) groups is 3. The summed E-state index contributed by atoms with van der Waals surface area (Å²) >= 11 is 1.39. The van der Waals surface area contributed by atoms with Crippen LogP contribution in [0.1, 0.15) is 59.1 Å². The first-order valence-electron chi connectivity index (χ1n) is 16.8. The third-order valence-corrected chi connectivity index (χ3v) is 12.3. The van der Waals surface area contributed by atoms with E-state index < -0.39 is 68.1 Å². The molecule has 2 aliphatic carbocycles. The Morgan fingerprint density at radius 3 is 2.60 bits per heavy atom. The lowest BCUT2D eigenvalue weighted by Gasteiger charge is -2.33. The van der Waals surface area contributed by atoms with Gasteiger partial charge in [-0.2, -0.15) is 0 Å². The van der Waals surface area contributed by atoms with Gasteiger partial charge in [-0.1, -0.05) is 33.8 Å². The molecule has 1 aliphatic heterocycles. The first-order chi connectivity index (χ1) is 23.7. The van der Waals surface area contributed by atoms with Gasteiger partial charge in [-0.05, 0) is 60.7 Å². The molecule has 5 atom stereocenters. The molecule has 2 aromatic heterocycles. The fraction of sp³-hybridized carbons (Fsp3) is 0.514. The number of benzene rings is 1. The monoisotopic (exact) mass is 724 g/mol. The van der Waals surface area contributed by atoms with E-state index in [9.17, 15) is 22.8 Å². The molecular weight excluding hydrogens is 681 g/mol. The molecular formula is C35H44N6O7S2. The molecule has 3 aromatic rings. The smallest absolute Gasteiger partial charge is 0.254 e. The number of hydrogen-bond donors (Lipinski definition) is 3. The predicted molar refractivity (Wildman–Crippen MR) is 190 cm³/mol. The minimum absolute atomic E-state index is 0.0988. The number of rotatable bonds is 13. The largest absolute Gasteiger partial charge is 0.497 e. The van der Waals surface area contributed by atoms with Crippen molar-refractivity contribution in [3.8, 4) is 11.6 Å². The molecule has 3 heterocycles. The van der Waals surface area contributed by atoms with Crippen molar-refractivity contribution in [2.45, 2.75) is 88.8 Å². The zero-order valence-corrected chi connectivity index (χ0v) is 30.5. The lowest BCUT2D eigenvalue weighted by molar-refractivity contribution is -0.136. The van der Waals surface area contributed by atoms with Crippen molar-refractivity contribution in [3.63, 3.8) is 0 Å². The number of hydrogen-bond acceptors (Lipinski definition) is 12. The molecule has 13 nitrogen and oxygen atoms in total. The van der Waals surface area contributed by atoms with Crippen LogP contribution in [0.3, 0.4) is 0 Å². The van der Waals surface area contributed by atoms with Gasteiger partial charge in [0.2, 0.25) is 27.7 Å². The second-order valence-electron chi connectivity index (χ2n) is 14.3. The van der Waals surface area contributed by atoms with Gasteiger partial charge >= 0.3 is 0 Å². The van der Waals surface area contributed by atoms with Crippen molar-refractivity contribution in [2.75, 3.05) is 19.0 Å². The minimum atomic E-state index is -3.88. The Bertz CT molecular complexity index is 1920. The van der Waals surface area contributed by atoms with Gasteiger partial charge in [-0.15, -0.1) is 17.9 Å². The summed E-state index contributed by atoms with van der Waals surface area (Å²) in [5.74, 6) is -1.29. The minimum Gasteiger partial charge on any atom is -0.497 e. The van der Waals surface area contributed by atoms with E-state index in [0.717, 1.165) is 22.9 Å². The summed E-state index contributed by atoms with van der Waals surface area (Å²) < 4.78 is 39.9. The number of amides is 3. The van der Waals surface area contributed by atoms with Gasteiger partial charge in [-0.3, -0.25) is 29.3 Å². The molecule has 0 bridgehead atoms. The average Bonchev–Trinajstić information content (AvgIpc) is 3.98. The number of fused-ring (bicyclic) bond motifs is 1. The van der Waals surface area contributed by atoms with Gasteiger partial charge in [-0.25, -0.2) is 18.4 Å². The van der Waals surface area contributed by atoms with Crippen molar-refractivity contribution >= 4 is 55.0 Å². The van der Waals surface area contributed by atoms with Crippen molar-refractivity contribution < 1.29 is 32.3 Å². The molecule has 6 rings (SSSR count). The van der Waals surface area contributed by atoms with Crippen LogP contribution in [-0.2, 0) is 30.8 Å². The topological polar surface area (TPSA) is 169 Å². The van der Waals surface area contributed by atoms with Gasteiger partial charge in [0.15, 0.2) is 5.13 Å². The highest BCUT2D eigenvalue weighted by atomic mass is 32.2. The molecule has 2 saturated carbocycles. The van der Waals surface area contributed by atoms with Crippen LogP contribution < -0.4 is 24.8 Å². The maximum Gasteiger partial charge on any atom is 0.254 e. The number of carbonyl (C=O) groups excluding carboxylic acids is 3. The summed E-state index contributed by atoms with van der Waals surface area (Å²) in [4.78, 5) is 52.7. The number of sulfonamides is 1. The summed E-state index contributed by atoms with van der Waals surface area (Å²) in [6, 6.07) is 5.51. The van der Waals surface area contributed by atoms with Crippen LogP contribution in [-0.4, -0.2) is 83.6 Å². The predicted octanol–water partition coefficient (Wildman–Crippen LogP) is 3.81. The van der Waals surface area contributed by atoms with E-state index >= 15 is 0 Å². The van der Waals surface area contributed by atoms with Crippen LogP contribution in [0.25, 0.3) is 10.8 Å². The Morgan fingerprint density at radius 1 is 1.22 bits per heavy atom. The third-order valence-electron chi connectivity index (χ3n) is 9.71. The number of aryl methyl sites for hydroxylation is 1. The molecule has 0 spiro atoms. The van der Waals surface area contributed by atoms with Gasteiger partial charge < -0.3 is 14.8 Å². The van der Waals surface area contributed by atoms with E-state index in [2.05, 4.69) is 31.9 Å². The van der Waals surface area contributed by atoms with Crippen LogP contribution in [0.2, 0.25) is 0 Å². The molecule has 3 fully saturated rings. The lowest BCUT2D eigenvalue weighted by Crippen LogP contribution is -2.59. The van der Waals surface area contributed by atoms with Crippen LogP contribution in [0.15, 0.2) is 48.5 Å². The molecule has 268 valence electrons. The summed E-state index contributed by atoms with van der Waals surface area (Å²) in [6.45, 7) is 11.7. The third kappa shape index (κ3) is 7.08. The fourth-order valence-corrected chi connectivity index (χ4v) is 8.83. The Morgan fingerprint density at radius 2 is 1.98 bits per heavy atom. The van der Waals surface area contributed by atoms with E-state index in [1.54, 1.807) is 30.3 Å². The molecule has 0 unspecified atom stereocenters. The Hall–Kier alpha value is -4.08. The maximum atomic E-state index is 14.2. The average molecular weight is 725 g/mol. The van der Waals surface area contributed by atoms with Gasteiger partial charge in [0, 0.05) is 35.8 Å². The van der Waals surface area contributed by atoms with Crippen LogP contribution in [0, 0.1) is 11.3 Å². The van der Waals surface area contributed by atoms with Crippen molar-refractivity contribution in [1.29, 1.82) is 0 Å². The lowest BCUT2D eigenvalue weighted by atomic mass is 9.86. The van der Waals surface area contributed by atoms with Crippen LogP contribution in [0.5, 0.6) is 11.6 Å². The second kappa shape index (κ2) is 13.6. The molecule has 3 N–H and O–H groups in total. The number of pyridine rings is 1. The van der Waals surface area contributed by atoms with Gasteiger partial charge in [0.1, 0.15) is 23.4 Å². The van der Waals surface area contributed by atoms with E-state index in [-0.39, 0.29) is 19.4 Å². The van der Waals surface area contributed by atoms with E-state index in [1.165, 1.54) is 11.3 Å². The molecule has 50 heavy (non-hydrogen) atoms. The zero-order chi connectivity index (χ0) is 36.0. The number of nitrogens with one attached hydrogen (secondary N) is 3. The summed E-state index contributed by atoms with van der Waals surface area (Å²) in [7, 11) is -2.29. The Balaban J connectivity index is 1.29. The van der Waals surface area contributed by atoms with Crippen molar-refractivity contribution in [3.05, 3.63) is 54.2 Å². The molecule has 1 saturated heterocycles. The first-order valence-corrected chi connectivity index (χ1v) is 19.2. The Kier molecular flexibility index (Phi) is 9.70. The van der Waals surface area contributed by atoms with Gasteiger partial charge in [0.25, 0.3) is 5.91 Å². The molecule has 15 heteroatoms. The quantitative estimate of drug-likeness (QED) is 0.219. The highest BCUT2D eigenvalue weighted by Gasteiger charge is 2.67. The normalized spacial score (nSPS) is 24.3. The van der Waals surface area contributed by atoms with Crippen molar-refractivity contribution in [2.24, 2.45) is 11.3 Å². The summed E-state index contributed by atoms with van der Waals surface area (Å²) in [5, 5.41) is 9.27. The number of ether oxygens (including phenoxy) is 2. The van der Waals surface area contributed by atoms with E-state index in [0.29, 0.717) is 29.6 Å². The Labute approximate surface area is 296 Å². The maximum absolute atomic E-state index is 14.2. The number of nitrogens with zero attached hydrogens (tertiary/aromatic N) is 3. The number of aromatic nitrogens is 2. The number of thiazole rings is 1. The molecule has 3 amide bonds. The number of anilines is 1. The molecule has 0 radical (unpaired) electrons. The zero-order valence-electron chi connectivity index (χ0n) is 28.9. The highest BCUT2D eigenvalue weighted by Crippen LogP contribution is 2.53. The van der Waals surface area contributed by atoms with E-state index in [1.807, 2.05) is 51.3 Å². The second-order valence-corrected chi connectivity index (χ2v) is 17.1. The number of methoxy groups -OCH3 is 1. The number of likely N-dealkylation sites (tertiary alicyclic amines) is 1. The van der Waals surface area contributed by atoms with Crippen molar-refractivity contribution in [1.82, 2.24) is 24.9 Å². The SMILES string of the molecule is C=C[C@@H]1C[C@@]1(C(=O)NS(=O)(=O)C1CC1)N1C[C@H](Oc2nccc3cc(OC)ccc23)C[C@H]1C(=O)NC(=O)[C@@H](Nc1nc(CC)cs1)C(C)(C)C.